The molecule has 0 radical (unpaired) electrons. The molecule has 0 saturated carbocycles. The summed E-state index contributed by atoms with van der Waals surface area (Å²) in [6, 6.07) is 15.7. The Balaban J connectivity index is 1.65. The van der Waals surface area contributed by atoms with Crippen LogP contribution in [0.2, 0.25) is 0 Å². The number of benzene rings is 2. The number of hydrogen-bond donors (Lipinski definition) is 2. The number of thiophene rings is 1. The summed E-state index contributed by atoms with van der Waals surface area (Å²) in [6.45, 7) is 0.308. The van der Waals surface area contributed by atoms with Crippen molar-refractivity contribution in [2.45, 2.75) is 6.54 Å². The van der Waals surface area contributed by atoms with Crippen molar-refractivity contribution < 1.29 is 14.4 Å². The fraction of sp³-hybridized carbons (Fsp3) is 0.136. The molecule has 0 aliphatic heterocycles. The van der Waals surface area contributed by atoms with Gasteiger partial charge in [0.05, 0.1) is 16.8 Å². The largest absolute Gasteiger partial charge is 0.348 e. The third-order valence-electron chi connectivity index (χ3n) is 4.26. The standard InChI is InChI=1S/C22H21N3O3S/c1-25(2)22(28)16-9-7-15(8-10-16)13-23-21(27)18-5-3-4-6-19(18)24-20(26)17-11-12-29-14-17/h3-12,14H,13H2,1-2H3,(H,23,27)(H,24,26). The van der Waals surface area contributed by atoms with E-state index in [2.05, 4.69) is 10.6 Å². The third-order valence-corrected chi connectivity index (χ3v) is 4.95. The molecule has 6 nitrogen and oxygen atoms in total. The van der Waals surface area contributed by atoms with Gasteiger partial charge < -0.3 is 15.5 Å². The average Bonchev–Trinajstić information content (AvgIpc) is 3.27. The molecule has 29 heavy (non-hydrogen) atoms. The molecular formula is C22H21N3O3S. The number of carbonyl (C=O) groups is 3. The predicted octanol–water partition coefficient (Wildman–Crippen LogP) is 3.63. The highest BCUT2D eigenvalue weighted by Gasteiger charge is 2.14. The average molecular weight is 407 g/mol. The number of nitrogens with one attached hydrogen (secondary N) is 2. The highest BCUT2D eigenvalue weighted by Crippen LogP contribution is 2.17. The SMILES string of the molecule is CN(C)C(=O)c1ccc(CNC(=O)c2ccccc2NC(=O)c2ccsc2)cc1. The van der Waals surface area contributed by atoms with Gasteiger partial charge in [0.15, 0.2) is 0 Å². The van der Waals surface area contributed by atoms with E-state index in [4.69, 9.17) is 0 Å². The van der Waals surface area contributed by atoms with E-state index >= 15 is 0 Å². The maximum atomic E-state index is 12.7. The highest BCUT2D eigenvalue weighted by atomic mass is 32.1. The maximum Gasteiger partial charge on any atom is 0.256 e. The zero-order valence-corrected chi connectivity index (χ0v) is 17.0. The van der Waals surface area contributed by atoms with Crippen LogP contribution in [0.3, 0.4) is 0 Å². The van der Waals surface area contributed by atoms with Gasteiger partial charge in [0, 0.05) is 31.6 Å². The monoisotopic (exact) mass is 407 g/mol. The lowest BCUT2D eigenvalue weighted by molar-refractivity contribution is 0.0826. The molecule has 0 aliphatic rings. The minimum atomic E-state index is -0.292. The Morgan fingerprint density at radius 2 is 1.62 bits per heavy atom. The van der Waals surface area contributed by atoms with Gasteiger partial charge in [-0.25, -0.2) is 0 Å². The minimum absolute atomic E-state index is 0.0733. The van der Waals surface area contributed by atoms with E-state index in [0.29, 0.717) is 28.9 Å². The fourth-order valence-corrected chi connectivity index (χ4v) is 3.32. The van der Waals surface area contributed by atoms with Crippen LogP contribution in [0.4, 0.5) is 5.69 Å². The van der Waals surface area contributed by atoms with Crippen LogP contribution in [0.5, 0.6) is 0 Å². The van der Waals surface area contributed by atoms with Crippen molar-refractivity contribution in [3.63, 3.8) is 0 Å². The Bertz CT molecular complexity index is 1010. The van der Waals surface area contributed by atoms with E-state index in [0.717, 1.165) is 5.56 Å². The van der Waals surface area contributed by atoms with E-state index in [9.17, 15) is 14.4 Å². The Kier molecular flexibility index (Phi) is 6.41. The molecule has 1 heterocycles. The van der Waals surface area contributed by atoms with E-state index in [1.807, 2.05) is 5.38 Å². The maximum absolute atomic E-state index is 12.7. The first kappa shape index (κ1) is 20.3. The number of rotatable bonds is 6. The Hall–Kier alpha value is -3.45. The first-order valence-corrected chi connectivity index (χ1v) is 9.91. The molecule has 3 aromatic rings. The van der Waals surface area contributed by atoms with Crippen LogP contribution in [0.25, 0.3) is 0 Å². The Morgan fingerprint density at radius 1 is 0.897 bits per heavy atom. The van der Waals surface area contributed by atoms with Gasteiger partial charge in [-0.1, -0.05) is 24.3 Å². The number of nitrogens with zero attached hydrogens (tertiary/aromatic N) is 1. The number of para-hydroxylation sites is 1. The molecule has 0 saturated heterocycles. The number of anilines is 1. The second kappa shape index (κ2) is 9.16. The lowest BCUT2D eigenvalue weighted by Crippen LogP contribution is -2.25. The number of hydrogen-bond acceptors (Lipinski definition) is 4. The lowest BCUT2D eigenvalue weighted by atomic mass is 10.1. The van der Waals surface area contributed by atoms with E-state index in [1.54, 1.807) is 74.1 Å². The molecule has 2 aromatic carbocycles. The van der Waals surface area contributed by atoms with Gasteiger partial charge >= 0.3 is 0 Å². The molecule has 0 unspecified atom stereocenters. The van der Waals surface area contributed by atoms with Crippen LogP contribution >= 0.6 is 11.3 Å². The molecule has 0 spiro atoms. The molecule has 0 fully saturated rings. The van der Waals surface area contributed by atoms with Crippen molar-refractivity contribution in [3.05, 3.63) is 87.6 Å². The molecule has 3 rings (SSSR count). The highest BCUT2D eigenvalue weighted by molar-refractivity contribution is 7.08. The molecule has 148 valence electrons. The summed E-state index contributed by atoms with van der Waals surface area (Å²) in [5.74, 6) is -0.622. The molecule has 7 heteroatoms. The minimum Gasteiger partial charge on any atom is -0.348 e. The van der Waals surface area contributed by atoms with E-state index < -0.39 is 0 Å². The number of amides is 3. The zero-order chi connectivity index (χ0) is 20.8. The van der Waals surface area contributed by atoms with Gasteiger partial charge in [0.2, 0.25) is 0 Å². The van der Waals surface area contributed by atoms with E-state index in [1.165, 1.54) is 16.2 Å². The van der Waals surface area contributed by atoms with Gasteiger partial charge in [-0.05, 0) is 41.3 Å². The Morgan fingerprint density at radius 3 is 2.28 bits per heavy atom. The summed E-state index contributed by atoms with van der Waals surface area (Å²) in [5, 5.41) is 9.22. The van der Waals surface area contributed by atoms with E-state index in [-0.39, 0.29) is 17.7 Å². The molecule has 2 N–H and O–H groups in total. The molecular weight excluding hydrogens is 386 g/mol. The lowest BCUT2D eigenvalue weighted by Gasteiger charge is -2.12. The summed E-state index contributed by atoms with van der Waals surface area (Å²) in [4.78, 5) is 38.4. The molecule has 0 aliphatic carbocycles. The smallest absolute Gasteiger partial charge is 0.256 e. The summed E-state index contributed by atoms with van der Waals surface area (Å²) >= 11 is 1.44. The first-order chi connectivity index (χ1) is 14.0. The normalized spacial score (nSPS) is 10.3. The third kappa shape index (κ3) is 5.08. The van der Waals surface area contributed by atoms with Crippen LogP contribution in [-0.2, 0) is 6.54 Å². The van der Waals surface area contributed by atoms with Gasteiger partial charge in [0.25, 0.3) is 17.7 Å². The van der Waals surface area contributed by atoms with Crippen molar-refractivity contribution in [1.29, 1.82) is 0 Å². The van der Waals surface area contributed by atoms with Crippen molar-refractivity contribution >= 4 is 34.7 Å². The van der Waals surface area contributed by atoms with Crippen molar-refractivity contribution in [3.8, 4) is 0 Å². The van der Waals surface area contributed by atoms with Crippen LogP contribution in [0.1, 0.15) is 36.6 Å². The van der Waals surface area contributed by atoms with Crippen LogP contribution < -0.4 is 10.6 Å². The van der Waals surface area contributed by atoms with Crippen molar-refractivity contribution in [2.75, 3.05) is 19.4 Å². The van der Waals surface area contributed by atoms with Gasteiger partial charge in [0.1, 0.15) is 0 Å². The zero-order valence-electron chi connectivity index (χ0n) is 16.1. The fourth-order valence-electron chi connectivity index (χ4n) is 2.68. The van der Waals surface area contributed by atoms with Crippen LogP contribution in [-0.4, -0.2) is 36.7 Å². The summed E-state index contributed by atoms with van der Waals surface area (Å²) in [6.07, 6.45) is 0. The van der Waals surface area contributed by atoms with Crippen molar-refractivity contribution in [2.24, 2.45) is 0 Å². The Labute approximate surface area is 173 Å². The van der Waals surface area contributed by atoms with Crippen LogP contribution in [0.15, 0.2) is 65.4 Å². The molecule has 3 amide bonds. The summed E-state index contributed by atoms with van der Waals surface area (Å²) in [7, 11) is 3.40. The first-order valence-electron chi connectivity index (χ1n) is 8.97. The van der Waals surface area contributed by atoms with Crippen molar-refractivity contribution in [1.82, 2.24) is 10.2 Å². The topological polar surface area (TPSA) is 78.5 Å². The summed E-state index contributed by atoms with van der Waals surface area (Å²) < 4.78 is 0. The predicted molar refractivity (Wildman–Crippen MR) is 114 cm³/mol. The summed E-state index contributed by atoms with van der Waals surface area (Å²) in [5.41, 5.74) is 2.85. The second-order valence-corrected chi connectivity index (χ2v) is 7.37. The molecule has 0 bridgehead atoms. The second-order valence-electron chi connectivity index (χ2n) is 6.59. The molecule has 0 atom stereocenters. The van der Waals surface area contributed by atoms with Gasteiger partial charge in [-0.3, -0.25) is 14.4 Å². The molecule has 1 aromatic heterocycles. The van der Waals surface area contributed by atoms with Gasteiger partial charge in [-0.2, -0.15) is 11.3 Å². The van der Waals surface area contributed by atoms with Crippen LogP contribution in [0, 0.1) is 0 Å². The number of carbonyl (C=O) groups excluding carboxylic acids is 3. The quantitative estimate of drug-likeness (QED) is 0.655. The van der Waals surface area contributed by atoms with Gasteiger partial charge in [-0.15, -0.1) is 0 Å².